The van der Waals surface area contributed by atoms with Crippen molar-refractivity contribution in [2.75, 3.05) is 13.2 Å². The van der Waals surface area contributed by atoms with Crippen LogP contribution in [0.1, 0.15) is 29.5 Å². The van der Waals surface area contributed by atoms with Crippen molar-refractivity contribution in [3.05, 3.63) is 74.9 Å². The first-order valence-electron chi connectivity index (χ1n) is 11.3. The lowest BCUT2D eigenvalue weighted by Crippen LogP contribution is -2.13. The van der Waals surface area contributed by atoms with Gasteiger partial charge in [-0.2, -0.15) is 4.98 Å². The molecule has 0 saturated carbocycles. The second-order valence-electron chi connectivity index (χ2n) is 7.82. The zero-order chi connectivity index (χ0) is 26.0. The minimum atomic E-state index is -0.445. The molecule has 2 aromatic carbocycles. The second kappa shape index (κ2) is 13.7. The van der Waals surface area contributed by atoms with Crippen molar-refractivity contribution < 1.29 is 23.9 Å². The molecule has 0 N–H and O–H groups in total. The smallest absolute Gasteiger partial charge is 0.337 e. The van der Waals surface area contributed by atoms with E-state index in [2.05, 4.69) is 9.98 Å². The van der Waals surface area contributed by atoms with Crippen molar-refractivity contribution in [2.45, 2.75) is 31.1 Å². The van der Waals surface area contributed by atoms with Crippen molar-refractivity contribution in [1.29, 1.82) is 0 Å². The Morgan fingerprint density at radius 1 is 0.838 bits per heavy atom. The maximum Gasteiger partial charge on any atom is 0.337 e. The molecule has 0 spiro atoms. The average Bonchev–Trinajstić information content (AvgIpc) is 3.58. The Morgan fingerprint density at radius 3 is 1.89 bits per heavy atom. The Hall–Kier alpha value is -2.80. The van der Waals surface area contributed by atoms with Crippen LogP contribution < -0.4 is 4.87 Å². The standard InChI is InChI=1S/C25H22N2O6S4/c28-15-20-26-23(35-34-20)18-5-1-16(2-6-18)11-13-32-21(29)9-10-22(30)33-14-12-17-3-7-19(8-4-17)24-27-25(31)37-36-24/h1-8,15,20H,9-14H2. The van der Waals surface area contributed by atoms with E-state index in [0.717, 1.165) is 43.9 Å². The molecule has 0 radical (unpaired) electrons. The monoisotopic (exact) mass is 574 g/mol. The Labute approximate surface area is 228 Å². The largest absolute Gasteiger partial charge is 0.465 e. The van der Waals surface area contributed by atoms with E-state index in [4.69, 9.17) is 9.47 Å². The van der Waals surface area contributed by atoms with Gasteiger partial charge in [0.15, 0.2) is 11.7 Å². The molecule has 1 atom stereocenters. The van der Waals surface area contributed by atoms with E-state index in [1.54, 1.807) is 0 Å². The number of benzene rings is 2. The van der Waals surface area contributed by atoms with Crippen LogP contribution in [0.5, 0.6) is 0 Å². The molecule has 1 unspecified atom stereocenters. The van der Waals surface area contributed by atoms with Crippen LogP contribution in [0.4, 0.5) is 0 Å². The predicted octanol–water partition coefficient (Wildman–Crippen LogP) is 4.55. The van der Waals surface area contributed by atoms with Gasteiger partial charge in [-0.3, -0.25) is 24.2 Å². The maximum absolute atomic E-state index is 12.0. The summed E-state index contributed by atoms with van der Waals surface area (Å²) in [7, 11) is 5.36. The minimum absolute atomic E-state index is 0.0322. The summed E-state index contributed by atoms with van der Waals surface area (Å²) in [6.07, 6.45) is 1.86. The summed E-state index contributed by atoms with van der Waals surface area (Å²) >= 11 is 0. The molecule has 1 aromatic heterocycles. The van der Waals surface area contributed by atoms with Gasteiger partial charge in [0.2, 0.25) is 0 Å². The zero-order valence-electron chi connectivity index (χ0n) is 19.5. The van der Waals surface area contributed by atoms with Crippen LogP contribution in [0.25, 0.3) is 10.6 Å². The first kappa shape index (κ1) is 27.2. The molecule has 2 heterocycles. The van der Waals surface area contributed by atoms with Gasteiger partial charge in [0.25, 0.3) is 0 Å². The molecule has 0 bridgehead atoms. The third kappa shape index (κ3) is 8.35. The molecule has 0 saturated heterocycles. The van der Waals surface area contributed by atoms with E-state index in [9.17, 15) is 19.2 Å². The Morgan fingerprint density at radius 2 is 1.41 bits per heavy atom. The quantitative estimate of drug-likeness (QED) is 0.175. The minimum Gasteiger partial charge on any atom is -0.465 e. The third-order valence-electron chi connectivity index (χ3n) is 5.21. The van der Waals surface area contributed by atoms with Gasteiger partial charge in [0.05, 0.1) is 26.1 Å². The highest BCUT2D eigenvalue weighted by molar-refractivity contribution is 8.83. The summed E-state index contributed by atoms with van der Waals surface area (Å²) in [6, 6.07) is 15.4. The van der Waals surface area contributed by atoms with Gasteiger partial charge in [-0.15, -0.1) is 0 Å². The Kier molecular flexibility index (Phi) is 10.1. The van der Waals surface area contributed by atoms with Crippen LogP contribution in [0.15, 0.2) is 58.3 Å². The third-order valence-corrected chi connectivity index (χ3v) is 9.53. The molecule has 1 aliphatic rings. The number of carbonyl (C=O) groups is 3. The number of hydrogen-bond donors (Lipinski definition) is 0. The summed E-state index contributed by atoms with van der Waals surface area (Å²) in [5, 5.41) is 1.18. The van der Waals surface area contributed by atoms with Gasteiger partial charge in [0.1, 0.15) is 10.1 Å². The molecule has 0 fully saturated rings. The summed E-state index contributed by atoms with van der Waals surface area (Å²) in [5.41, 5.74) is 3.83. The molecule has 3 aromatic rings. The van der Waals surface area contributed by atoms with Crippen molar-refractivity contribution >= 4 is 65.5 Å². The lowest BCUT2D eigenvalue weighted by atomic mass is 10.1. The van der Waals surface area contributed by atoms with E-state index in [-0.39, 0.29) is 36.3 Å². The van der Waals surface area contributed by atoms with Gasteiger partial charge >= 0.3 is 16.8 Å². The van der Waals surface area contributed by atoms with Crippen molar-refractivity contribution in [2.24, 2.45) is 4.99 Å². The molecule has 0 amide bonds. The predicted molar refractivity (Wildman–Crippen MR) is 148 cm³/mol. The fourth-order valence-electron chi connectivity index (χ4n) is 3.28. The fourth-order valence-corrected chi connectivity index (χ4v) is 7.02. The summed E-state index contributed by atoms with van der Waals surface area (Å²) in [5.74, 6) is -0.888. The number of ether oxygens (including phenoxy) is 2. The van der Waals surface area contributed by atoms with E-state index < -0.39 is 11.9 Å². The normalized spacial score (nSPS) is 14.7. The van der Waals surface area contributed by atoms with E-state index in [0.29, 0.717) is 17.8 Å². The SMILES string of the molecule is O=CC1N=C(c2ccc(CCOC(=O)CCC(=O)OCCc3ccc(-c4nc(=O)ss4)cc3)cc2)SS1. The van der Waals surface area contributed by atoms with Gasteiger partial charge in [0, 0.05) is 24.0 Å². The molecular weight excluding hydrogens is 553 g/mol. The number of nitrogens with zero attached hydrogens (tertiary/aromatic N) is 2. The van der Waals surface area contributed by atoms with Crippen LogP contribution in [0, 0.1) is 0 Å². The molecule has 12 heteroatoms. The van der Waals surface area contributed by atoms with Crippen LogP contribution in [-0.2, 0) is 36.7 Å². The van der Waals surface area contributed by atoms with Crippen LogP contribution >= 0.6 is 42.3 Å². The number of aliphatic imine (C=N–C) groups is 1. The highest BCUT2D eigenvalue weighted by atomic mass is 33.1. The molecule has 1 aliphatic heterocycles. The van der Waals surface area contributed by atoms with Gasteiger partial charge in [-0.1, -0.05) is 69.7 Å². The van der Waals surface area contributed by atoms with Crippen molar-refractivity contribution in [3.63, 3.8) is 0 Å². The van der Waals surface area contributed by atoms with Crippen molar-refractivity contribution in [1.82, 2.24) is 4.98 Å². The fraction of sp³-hybridized carbons (Fsp3) is 0.280. The number of esters is 2. The topological polar surface area (TPSA) is 112 Å². The number of hydrogen-bond acceptors (Lipinski definition) is 12. The summed E-state index contributed by atoms with van der Waals surface area (Å²) < 4.78 is 10.5. The van der Waals surface area contributed by atoms with Crippen molar-refractivity contribution in [3.8, 4) is 10.6 Å². The van der Waals surface area contributed by atoms with Crippen LogP contribution in [-0.4, -0.2) is 46.8 Å². The van der Waals surface area contributed by atoms with E-state index in [1.807, 2.05) is 48.5 Å². The maximum atomic E-state index is 12.0. The van der Waals surface area contributed by atoms with Gasteiger partial charge < -0.3 is 9.47 Å². The zero-order valence-corrected chi connectivity index (χ0v) is 22.8. The molecule has 4 rings (SSSR count). The van der Waals surface area contributed by atoms with E-state index in [1.165, 1.54) is 31.9 Å². The molecule has 8 nitrogen and oxygen atoms in total. The first-order valence-corrected chi connectivity index (χ1v) is 15.7. The number of aldehydes is 1. The van der Waals surface area contributed by atoms with Gasteiger partial charge in [-0.25, -0.2) is 0 Å². The average molecular weight is 575 g/mol. The highest BCUT2D eigenvalue weighted by Gasteiger charge is 2.19. The number of rotatable bonds is 12. The Balaban J connectivity index is 1.09. The first-order chi connectivity index (χ1) is 18.0. The lowest BCUT2D eigenvalue weighted by Gasteiger charge is -2.07. The summed E-state index contributed by atoms with van der Waals surface area (Å²) in [4.78, 5) is 54.1. The number of aromatic nitrogens is 1. The molecule has 192 valence electrons. The molecule has 37 heavy (non-hydrogen) atoms. The Bertz CT molecular complexity index is 1320. The lowest BCUT2D eigenvalue weighted by molar-refractivity contribution is -0.150. The highest BCUT2D eigenvalue weighted by Crippen LogP contribution is 2.37. The van der Waals surface area contributed by atoms with Crippen LogP contribution in [0.2, 0.25) is 0 Å². The van der Waals surface area contributed by atoms with E-state index >= 15 is 0 Å². The molecular formula is C25H22N2O6S4. The van der Waals surface area contributed by atoms with Crippen LogP contribution in [0.3, 0.4) is 0 Å². The molecule has 0 aliphatic carbocycles. The number of carbonyl (C=O) groups excluding carboxylic acids is 3. The van der Waals surface area contributed by atoms with Gasteiger partial charge in [-0.05, 0) is 32.3 Å². The summed E-state index contributed by atoms with van der Waals surface area (Å²) in [6.45, 7) is 0.437. The second-order valence-corrected chi connectivity index (χ2v) is 12.2.